The molecule has 2 N–H and O–H groups in total. The summed E-state index contributed by atoms with van der Waals surface area (Å²) in [5, 5.41) is 13.2. The highest BCUT2D eigenvalue weighted by molar-refractivity contribution is 6.05. The molecule has 0 aliphatic carbocycles. The third-order valence-electron chi connectivity index (χ3n) is 2.82. The third-order valence-corrected chi connectivity index (χ3v) is 2.82. The van der Waals surface area contributed by atoms with Gasteiger partial charge in [-0.2, -0.15) is 0 Å². The molecule has 0 saturated heterocycles. The second-order valence-electron chi connectivity index (χ2n) is 4.14. The van der Waals surface area contributed by atoms with Crippen LogP contribution in [-0.2, 0) is 0 Å². The number of aromatic amines is 1. The lowest BCUT2D eigenvalue weighted by Crippen LogP contribution is -2.12. The van der Waals surface area contributed by atoms with Crippen molar-refractivity contribution in [2.75, 3.05) is 5.32 Å². The van der Waals surface area contributed by atoms with E-state index in [9.17, 15) is 14.9 Å². The largest absolute Gasteiger partial charge is 0.463 e. The number of rotatable bonds is 3. The van der Waals surface area contributed by atoms with Gasteiger partial charge in [0, 0.05) is 30.0 Å². The van der Waals surface area contributed by atoms with Gasteiger partial charge in [0.05, 0.1) is 16.7 Å². The van der Waals surface area contributed by atoms with Crippen LogP contribution in [0.25, 0.3) is 11.1 Å². The summed E-state index contributed by atoms with van der Waals surface area (Å²) in [6.45, 7) is 0. The van der Waals surface area contributed by atoms with Gasteiger partial charge in [-0.25, -0.2) is 0 Å². The fraction of sp³-hybridized carbons (Fsp3) is 0. The average Bonchev–Trinajstić information content (AvgIpc) is 2.99. The van der Waals surface area contributed by atoms with E-state index in [2.05, 4.69) is 10.3 Å². The molecule has 2 heterocycles. The molecule has 2 aromatic heterocycles. The van der Waals surface area contributed by atoms with E-state index in [4.69, 9.17) is 4.42 Å². The van der Waals surface area contributed by atoms with Crippen LogP contribution in [0.4, 0.5) is 11.4 Å². The number of furan rings is 1. The predicted molar refractivity (Wildman–Crippen MR) is 71.6 cm³/mol. The van der Waals surface area contributed by atoms with E-state index >= 15 is 0 Å². The van der Waals surface area contributed by atoms with Crippen molar-refractivity contribution in [2.45, 2.75) is 0 Å². The summed E-state index contributed by atoms with van der Waals surface area (Å²) in [4.78, 5) is 24.9. The predicted octanol–water partition coefficient (Wildman–Crippen LogP) is 2.92. The zero-order chi connectivity index (χ0) is 14.1. The Bertz CT molecular complexity index is 757. The van der Waals surface area contributed by atoms with Crippen molar-refractivity contribution < 1.29 is 14.1 Å². The van der Waals surface area contributed by atoms with Crippen molar-refractivity contribution in [3.05, 3.63) is 58.5 Å². The number of nitrogens with one attached hydrogen (secondary N) is 2. The van der Waals surface area contributed by atoms with E-state index in [-0.39, 0.29) is 11.6 Å². The van der Waals surface area contributed by atoms with Gasteiger partial charge in [0.1, 0.15) is 5.69 Å². The van der Waals surface area contributed by atoms with Crippen molar-refractivity contribution in [1.29, 1.82) is 0 Å². The lowest BCUT2D eigenvalue weighted by Gasteiger charge is -2.02. The topological polar surface area (TPSA) is 101 Å². The van der Waals surface area contributed by atoms with Crippen LogP contribution < -0.4 is 5.32 Å². The number of H-pyrrole nitrogens is 1. The number of aromatic nitrogens is 1. The number of nitro groups is 1. The minimum Gasteiger partial charge on any atom is -0.463 e. The molecular weight excluding hydrogens is 262 g/mol. The van der Waals surface area contributed by atoms with Crippen LogP contribution in [0.3, 0.4) is 0 Å². The van der Waals surface area contributed by atoms with Crippen LogP contribution in [0.1, 0.15) is 10.5 Å². The van der Waals surface area contributed by atoms with Crippen molar-refractivity contribution >= 4 is 28.4 Å². The molecule has 3 rings (SSSR count). The number of hydrogen-bond donors (Lipinski definition) is 2. The second kappa shape index (κ2) is 4.54. The summed E-state index contributed by atoms with van der Waals surface area (Å²) in [5.74, 6) is -0.342. The number of benzene rings is 1. The highest BCUT2D eigenvalue weighted by Crippen LogP contribution is 2.19. The van der Waals surface area contributed by atoms with Crippen LogP contribution >= 0.6 is 0 Å². The molecule has 0 radical (unpaired) electrons. The number of fused-ring (bicyclic) bond motifs is 1. The second-order valence-corrected chi connectivity index (χ2v) is 4.14. The Morgan fingerprint density at radius 3 is 2.65 bits per heavy atom. The molecule has 0 unspecified atom stereocenters. The fourth-order valence-corrected chi connectivity index (χ4v) is 1.84. The minimum absolute atomic E-state index is 0.0274. The van der Waals surface area contributed by atoms with Gasteiger partial charge in [0.15, 0.2) is 5.58 Å². The molecule has 0 atom stereocenters. The van der Waals surface area contributed by atoms with Gasteiger partial charge in [-0.05, 0) is 12.1 Å². The van der Waals surface area contributed by atoms with Crippen molar-refractivity contribution in [1.82, 2.24) is 4.98 Å². The van der Waals surface area contributed by atoms with Crippen LogP contribution in [-0.4, -0.2) is 15.8 Å². The molecule has 7 heteroatoms. The molecule has 0 fully saturated rings. The lowest BCUT2D eigenvalue weighted by atomic mass is 10.2. The number of anilines is 1. The van der Waals surface area contributed by atoms with E-state index < -0.39 is 4.92 Å². The summed E-state index contributed by atoms with van der Waals surface area (Å²) in [7, 11) is 0. The molecule has 0 aliphatic heterocycles. The van der Waals surface area contributed by atoms with Crippen LogP contribution in [0.5, 0.6) is 0 Å². The van der Waals surface area contributed by atoms with Crippen LogP contribution in [0.2, 0.25) is 0 Å². The summed E-state index contributed by atoms with van der Waals surface area (Å²) >= 11 is 0. The van der Waals surface area contributed by atoms with Gasteiger partial charge in [-0.3, -0.25) is 14.9 Å². The molecule has 20 heavy (non-hydrogen) atoms. The molecule has 7 nitrogen and oxygen atoms in total. The van der Waals surface area contributed by atoms with Gasteiger partial charge in [0.25, 0.3) is 11.6 Å². The Hall–Kier alpha value is -3.09. The lowest BCUT2D eigenvalue weighted by molar-refractivity contribution is -0.384. The van der Waals surface area contributed by atoms with Crippen molar-refractivity contribution in [2.24, 2.45) is 0 Å². The molecule has 1 amide bonds. The van der Waals surface area contributed by atoms with E-state index in [1.807, 2.05) is 0 Å². The Kier molecular flexibility index (Phi) is 2.72. The highest BCUT2D eigenvalue weighted by atomic mass is 16.6. The zero-order valence-electron chi connectivity index (χ0n) is 10.1. The van der Waals surface area contributed by atoms with Crippen molar-refractivity contribution in [3.8, 4) is 0 Å². The maximum Gasteiger partial charge on any atom is 0.272 e. The van der Waals surface area contributed by atoms with Gasteiger partial charge in [0.2, 0.25) is 0 Å². The molecule has 0 saturated carbocycles. The molecule has 100 valence electrons. The quantitative estimate of drug-likeness (QED) is 0.564. The van der Waals surface area contributed by atoms with Gasteiger partial charge in [-0.1, -0.05) is 0 Å². The molecule has 0 spiro atoms. The number of nitro benzene ring substituents is 1. The Morgan fingerprint density at radius 2 is 2.00 bits per heavy atom. The first-order chi connectivity index (χ1) is 9.63. The van der Waals surface area contributed by atoms with E-state index in [1.54, 1.807) is 12.1 Å². The van der Waals surface area contributed by atoms with E-state index in [0.717, 1.165) is 5.52 Å². The number of amides is 1. The monoisotopic (exact) mass is 271 g/mol. The summed E-state index contributed by atoms with van der Waals surface area (Å²) in [6, 6.07) is 8.92. The van der Waals surface area contributed by atoms with Crippen LogP contribution in [0.15, 0.2) is 47.1 Å². The number of nitrogens with zero attached hydrogens (tertiary/aromatic N) is 1. The first-order valence-corrected chi connectivity index (χ1v) is 5.75. The standard InChI is InChI=1S/C13H9N3O4/c17-13(11-7-12-10(15-11)5-6-20-12)14-8-1-3-9(4-2-8)16(18)19/h1-7,15H,(H,14,17). The Morgan fingerprint density at radius 1 is 1.25 bits per heavy atom. The number of non-ortho nitro benzene ring substituents is 1. The molecule has 0 bridgehead atoms. The average molecular weight is 271 g/mol. The fourth-order valence-electron chi connectivity index (χ4n) is 1.84. The van der Waals surface area contributed by atoms with E-state index in [1.165, 1.54) is 30.5 Å². The highest BCUT2D eigenvalue weighted by Gasteiger charge is 2.12. The van der Waals surface area contributed by atoms with Crippen LogP contribution in [0, 0.1) is 10.1 Å². The maximum absolute atomic E-state index is 12.0. The number of carbonyl (C=O) groups excluding carboxylic acids is 1. The van der Waals surface area contributed by atoms with E-state index in [0.29, 0.717) is 17.0 Å². The number of carbonyl (C=O) groups is 1. The SMILES string of the molecule is O=C(Nc1ccc([N+](=O)[O-])cc1)c1cc2occc2[nH]1. The summed E-state index contributed by atoms with van der Waals surface area (Å²) in [5.41, 5.74) is 2.14. The molecular formula is C13H9N3O4. The van der Waals surface area contributed by atoms with Gasteiger partial charge < -0.3 is 14.7 Å². The normalized spacial score (nSPS) is 10.6. The van der Waals surface area contributed by atoms with Gasteiger partial charge >= 0.3 is 0 Å². The summed E-state index contributed by atoms with van der Waals surface area (Å²) < 4.78 is 5.15. The molecule has 3 aromatic rings. The Balaban J connectivity index is 1.78. The Labute approximate surface area is 112 Å². The maximum atomic E-state index is 12.0. The zero-order valence-corrected chi connectivity index (χ0v) is 10.1. The molecule has 0 aliphatic rings. The molecule has 1 aromatic carbocycles. The van der Waals surface area contributed by atoms with Gasteiger partial charge in [-0.15, -0.1) is 0 Å². The minimum atomic E-state index is -0.495. The first kappa shape index (κ1) is 12.0. The van der Waals surface area contributed by atoms with Crippen molar-refractivity contribution in [3.63, 3.8) is 0 Å². The smallest absolute Gasteiger partial charge is 0.272 e. The first-order valence-electron chi connectivity index (χ1n) is 5.75. The third kappa shape index (κ3) is 2.12. The number of hydrogen-bond acceptors (Lipinski definition) is 4. The summed E-state index contributed by atoms with van der Waals surface area (Å²) in [6.07, 6.45) is 1.53.